The number of nitrogens with one attached hydrogen (secondary N) is 2. The lowest BCUT2D eigenvalue weighted by Crippen LogP contribution is -2.40. The summed E-state index contributed by atoms with van der Waals surface area (Å²) in [6.07, 6.45) is 2.47. The van der Waals surface area contributed by atoms with Gasteiger partial charge in [0.25, 0.3) is 5.56 Å². The average Bonchev–Trinajstić information content (AvgIpc) is 2.48. The van der Waals surface area contributed by atoms with Gasteiger partial charge in [0.2, 0.25) is 11.8 Å². The summed E-state index contributed by atoms with van der Waals surface area (Å²) >= 11 is 1.08. The Labute approximate surface area is 133 Å². The number of H-pyrrole nitrogens is 1. The van der Waals surface area contributed by atoms with Crippen molar-refractivity contribution >= 4 is 23.5 Å². The molecule has 1 atom stereocenters. The van der Waals surface area contributed by atoms with Crippen LogP contribution in [0.1, 0.15) is 33.1 Å². The molecule has 0 unspecified atom stereocenters. The lowest BCUT2D eigenvalue weighted by atomic mass is 10.1. The molecule has 0 spiro atoms. The Morgan fingerprint density at radius 1 is 1.50 bits per heavy atom. The Kier molecular flexibility index (Phi) is 7.65. The minimum absolute atomic E-state index is 0.0558. The lowest BCUT2D eigenvalue weighted by molar-refractivity contribution is -0.125. The second-order valence-electron chi connectivity index (χ2n) is 4.75. The molecular formula is C14H21N3O4S. The Balaban J connectivity index is 2.56. The molecule has 2 N–H and O–H groups in total. The quantitative estimate of drug-likeness (QED) is 0.521. The molecule has 0 aromatic carbocycles. The predicted molar refractivity (Wildman–Crippen MR) is 84.3 cm³/mol. The molecule has 1 heterocycles. The number of aromatic nitrogens is 2. The van der Waals surface area contributed by atoms with Crippen molar-refractivity contribution in [3.63, 3.8) is 0 Å². The van der Waals surface area contributed by atoms with Gasteiger partial charge in [-0.2, -0.15) is 4.98 Å². The molecule has 1 amide bonds. The molecule has 0 bridgehead atoms. The number of methoxy groups -OCH3 is 1. The predicted octanol–water partition coefficient (Wildman–Crippen LogP) is 1.13. The average molecular weight is 327 g/mol. The second kappa shape index (κ2) is 9.24. The summed E-state index contributed by atoms with van der Waals surface area (Å²) in [5.41, 5.74) is -0.348. The number of unbranched alkanes of at least 4 members (excludes halogenated alkanes) is 1. The molecule has 7 nitrogen and oxygen atoms in total. The number of ketones is 1. The van der Waals surface area contributed by atoms with Crippen molar-refractivity contribution in [3.8, 4) is 5.88 Å². The first kappa shape index (κ1) is 18.2. The maximum atomic E-state index is 11.9. The molecule has 8 heteroatoms. The van der Waals surface area contributed by atoms with Crippen molar-refractivity contribution in [1.29, 1.82) is 0 Å². The van der Waals surface area contributed by atoms with Crippen LogP contribution in [0.15, 0.2) is 16.0 Å². The molecule has 0 fully saturated rings. The van der Waals surface area contributed by atoms with Crippen molar-refractivity contribution in [2.75, 3.05) is 12.9 Å². The molecule has 122 valence electrons. The van der Waals surface area contributed by atoms with E-state index in [1.54, 1.807) is 0 Å². The van der Waals surface area contributed by atoms with Crippen LogP contribution in [0.2, 0.25) is 0 Å². The third-order valence-corrected chi connectivity index (χ3v) is 3.79. The van der Waals surface area contributed by atoms with Gasteiger partial charge in [-0.1, -0.05) is 31.5 Å². The Bertz CT molecular complexity index is 573. The SMILES string of the molecule is CCCC[C@@H](NC(=O)CSc1nc(OC)cc(=O)[nH]1)C(C)=O. The van der Waals surface area contributed by atoms with E-state index < -0.39 is 6.04 Å². The highest BCUT2D eigenvalue weighted by atomic mass is 32.2. The van der Waals surface area contributed by atoms with Gasteiger partial charge in [-0.25, -0.2) is 0 Å². The summed E-state index contributed by atoms with van der Waals surface area (Å²) in [5, 5.41) is 3.00. The Morgan fingerprint density at radius 3 is 2.82 bits per heavy atom. The molecule has 1 rings (SSSR count). The van der Waals surface area contributed by atoms with Crippen molar-refractivity contribution in [3.05, 3.63) is 16.4 Å². The maximum absolute atomic E-state index is 11.9. The van der Waals surface area contributed by atoms with E-state index in [-0.39, 0.29) is 28.9 Å². The molecular weight excluding hydrogens is 306 g/mol. The number of hydrogen-bond donors (Lipinski definition) is 2. The molecule has 0 radical (unpaired) electrons. The van der Waals surface area contributed by atoms with Crippen LogP contribution >= 0.6 is 11.8 Å². The minimum Gasteiger partial charge on any atom is -0.481 e. The number of amides is 1. The highest BCUT2D eigenvalue weighted by Crippen LogP contribution is 2.13. The van der Waals surface area contributed by atoms with E-state index in [1.807, 2.05) is 6.92 Å². The summed E-state index contributed by atoms with van der Waals surface area (Å²) in [5.74, 6) is -0.0749. The van der Waals surface area contributed by atoms with Crippen LogP contribution in [0.5, 0.6) is 5.88 Å². The lowest BCUT2D eigenvalue weighted by Gasteiger charge is -2.15. The molecule has 0 aliphatic carbocycles. The topological polar surface area (TPSA) is 101 Å². The molecule has 0 saturated heterocycles. The van der Waals surface area contributed by atoms with Gasteiger partial charge in [-0.15, -0.1) is 0 Å². The maximum Gasteiger partial charge on any atom is 0.255 e. The van der Waals surface area contributed by atoms with E-state index in [4.69, 9.17) is 4.74 Å². The van der Waals surface area contributed by atoms with Gasteiger partial charge >= 0.3 is 0 Å². The zero-order chi connectivity index (χ0) is 16.5. The first-order valence-corrected chi connectivity index (χ1v) is 8.02. The van der Waals surface area contributed by atoms with E-state index in [0.29, 0.717) is 11.6 Å². The van der Waals surface area contributed by atoms with Crippen molar-refractivity contribution in [1.82, 2.24) is 15.3 Å². The van der Waals surface area contributed by atoms with E-state index >= 15 is 0 Å². The van der Waals surface area contributed by atoms with Gasteiger partial charge in [-0.3, -0.25) is 14.4 Å². The molecule has 22 heavy (non-hydrogen) atoms. The number of Topliss-reactive ketones (excluding diaryl/α,β-unsaturated/α-hetero) is 1. The standard InChI is InChI=1S/C14H21N3O4S/c1-4-5-6-10(9(2)18)15-12(20)8-22-14-16-11(19)7-13(17-14)21-3/h7,10H,4-6,8H2,1-3H3,(H,15,20)(H,16,17,19)/t10-/m1/s1. The van der Waals surface area contributed by atoms with E-state index in [0.717, 1.165) is 24.6 Å². The van der Waals surface area contributed by atoms with E-state index in [9.17, 15) is 14.4 Å². The van der Waals surface area contributed by atoms with Crippen LogP contribution in [0.25, 0.3) is 0 Å². The number of aromatic amines is 1. The minimum atomic E-state index is -0.453. The number of nitrogens with zero attached hydrogens (tertiary/aromatic N) is 1. The van der Waals surface area contributed by atoms with E-state index in [1.165, 1.54) is 20.1 Å². The fraction of sp³-hybridized carbons (Fsp3) is 0.571. The molecule has 0 aliphatic rings. The monoisotopic (exact) mass is 327 g/mol. The number of carbonyl (C=O) groups is 2. The van der Waals surface area contributed by atoms with Gasteiger partial charge in [0.05, 0.1) is 25.0 Å². The van der Waals surface area contributed by atoms with Gasteiger partial charge in [0, 0.05) is 0 Å². The van der Waals surface area contributed by atoms with Crippen LogP contribution in [0.4, 0.5) is 0 Å². The molecule has 0 aliphatic heterocycles. The number of carbonyl (C=O) groups excluding carboxylic acids is 2. The summed E-state index contributed by atoms with van der Waals surface area (Å²) in [4.78, 5) is 41.3. The van der Waals surface area contributed by atoms with Crippen LogP contribution in [-0.4, -0.2) is 40.6 Å². The number of hydrogen-bond acceptors (Lipinski definition) is 6. The fourth-order valence-corrected chi connectivity index (χ4v) is 2.42. The third kappa shape index (κ3) is 6.30. The smallest absolute Gasteiger partial charge is 0.255 e. The first-order valence-electron chi connectivity index (χ1n) is 7.04. The summed E-state index contributed by atoms with van der Waals surface area (Å²) in [6.45, 7) is 3.49. The fourth-order valence-electron chi connectivity index (χ4n) is 1.74. The van der Waals surface area contributed by atoms with Crippen LogP contribution in [-0.2, 0) is 9.59 Å². The van der Waals surface area contributed by atoms with Crippen molar-refractivity contribution in [2.45, 2.75) is 44.3 Å². The summed E-state index contributed by atoms with van der Waals surface area (Å²) in [6, 6.07) is 0.770. The van der Waals surface area contributed by atoms with Gasteiger partial charge in [0.1, 0.15) is 0 Å². The third-order valence-electron chi connectivity index (χ3n) is 2.92. The van der Waals surface area contributed by atoms with Gasteiger partial charge < -0.3 is 15.0 Å². The Morgan fingerprint density at radius 2 is 2.23 bits per heavy atom. The van der Waals surface area contributed by atoms with Crippen LogP contribution in [0, 0.1) is 0 Å². The summed E-state index contributed by atoms with van der Waals surface area (Å²) in [7, 11) is 1.41. The largest absolute Gasteiger partial charge is 0.481 e. The van der Waals surface area contributed by atoms with Crippen molar-refractivity contribution in [2.24, 2.45) is 0 Å². The molecule has 1 aromatic heterocycles. The highest BCUT2D eigenvalue weighted by Gasteiger charge is 2.16. The molecule has 1 aromatic rings. The second-order valence-corrected chi connectivity index (χ2v) is 5.72. The first-order chi connectivity index (χ1) is 10.5. The number of rotatable bonds is 9. The van der Waals surface area contributed by atoms with Crippen LogP contribution < -0.4 is 15.6 Å². The number of thioether (sulfide) groups is 1. The summed E-state index contributed by atoms with van der Waals surface area (Å²) < 4.78 is 4.89. The highest BCUT2D eigenvalue weighted by molar-refractivity contribution is 7.99. The van der Waals surface area contributed by atoms with Gasteiger partial charge in [-0.05, 0) is 13.3 Å². The zero-order valence-corrected chi connectivity index (χ0v) is 13.8. The van der Waals surface area contributed by atoms with E-state index in [2.05, 4.69) is 15.3 Å². The van der Waals surface area contributed by atoms with Gasteiger partial charge in [0.15, 0.2) is 10.9 Å². The van der Waals surface area contributed by atoms with Crippen molar-refractivity contribution < 1.29 is 14.3 Å². The Hall–Kier alpha value is -1.83. The van der Waals surface area contributed by atoms with Crippen LogP contribution in [0.3, 0.4) is 0 Å². The number of ether oxygens (including phenoxy) is 1. The zero-order valence-electron chi connectivity index (χ0n) is 13.0. The molecule has 0 saturated carbocycles. The normalized spacial score (nSPS) is 11.8.